The molecule has 4 aromatic carbocycles. The Balaban J connectivity index is 0.00000200. The largest absolute Gasteiger partial charge is 1.00 e. The van der Waals surface area contributed by atoms with Crippen molar-refractivity contribution in [3.8, 4) is 28.4 Å². The molecule has 0 saturated carbocycles. The van der Waals surface area contributed by atoms with Gasteiger partial charge in [-0.25, -0.2) is 0 Å². The molecule has 0 aliphatic carbocycles. The Bertz CT molecular complexity index is 1380. The van der Waals surface area contributed by atoms with Crippen molar-refractivity contribution in [3.63, 3.8) is 0 Å². The zero-order valence-electron chi connectivity index (χ0n) is 21.6. The maximum absolute atomic E-state index is 12.6. The minimum absolute atomic E-state index is 0. The van der Waals surface area contributed by atoms with Gasteiger partial charge < -0.3 is 16.2 Å². The molecule has 1 N–H and O–H groups in total. The predicted octanol–water partition coefficient (Wildman–Crippen LogP) is 4.87. The van der Waals surface area contributed by atoms with E-state index < -0.39 is 0 Å². The Kier molecular flexibility index (Phi) is 9.58. The number of carbonyl (C=O) groups excluding carboxylic acids is 1. The van der Waals surface area contributed by atoms with E-state index in [0.717, 1.165) is 52.3 Å². The van der Waals surface area contributed by atoms with Crippen LogP contribution in [0.25, 0.3) is 11.1 Å². The van der Waals surface area contributed by atoms with Crippen molar-refractivity contribution in [2.24, 2.45) is 0 Å². The van der Waals surface area contributed by atoms with Crippen LogP contribution in [0.3, 0.4) is 0 Å². The van der Waals surface area contributed by atoms with E-state index in [2.05, 4.69) is 29.6 Å². The summed E-state index contributed by atoms with van der Waals surface area (Å²) in [5.41, 5.74) is 4.88. The average molecular weight is 542 g/mol. The zero-order chi connectivity index (χ0) is 24.9. The molecule has 0 radical (unpaired) electrons. The molecule has 0 fully saturated rings. The fraction of sp³-hybridized carbons (Fsp3) is 0.167. The topological polar surface area (TPSA) is 47.6 Å². The molecular weight excluding hydrogens is 516 g/mol. The maximum atomic E-state index is 12.6. The summed E-state index contributed by atoms with van der Waals surface area (Å²) in [7, 11) is 0. The fourth-order valence-corrected chi connectivity index (χ4v) is 4.67. The molecule has 37 heavy (non-hydrogen) atoms. The molecule has 0 spiro atoms. The van der Waals surface area contributed by atoms with Crippen LogP contribution in [0.15, 0.2) is 84.9 Å². The van der Waals surface area contributed by atoms with Crippen LogP contribution in [0, 0.1) is 0 Å². The summed E-state index contributed by atoms with van der Waals surface area (Å²) >= 11 is 12.7. The van der Waals surface area contributed by atoms with Crippen LogP contribution in [0.1, 0.15) is 29.3 Å². The molecule has 7 heteroatoms. The van der Waals surface area contributed by atoms with Gasteiger partial charge in [0.2, 0.25) is 0 Å². The van der Waals surface area contributed by atoms with E-state index in [1.807, 2.05) is 36.4 Å². The van der Waals surface area contributed by atoms with Crippen LogP contribution in [0.2, 0.25) is 10.0 Å². The van der Waals surface area contributed by atoms with Gasteiger partial charge in [-0.15, -0.1) is 0 Å². The molecule has 0 atom stereocenters. The molecule has 5 rings (SSSR count). The van der Waals surface area contributed by atoms with Gasteiger partial charge in [-0.2, -0.15) is 0 Å². The first-order valence-electron chi connectivity index (χ1n) is 11.9. The SMILES string of the molecule is O=C(NCCc1ccc(-c2ccccc2Cl)cc1)c1ccc(Oc2cc3c(cc2Cl)CCCO3)cc1.[H-].[Na+]. The van der Waals surface area contributed by atoms with E-state index >= 15 is 0 Å². The Morgan fingerprint density at radius 2 is 1.70 bits per heavy atom. The first-order valence-corrected chi connectivity index (χ1v) is 12.7. The number of amides is 1. The van der Waals surface area contributed by atoms with Crippen molar-refractivity contribution >= 4 is 29.1 Å². The third-order valence-electron chi connectivity index (χ3n) is 6.15. The molecule has 1 aliphatic rings. The molecule has 0 bridgehead atoms. The smallest absolute Gasteiger partial charge is 1.00 e. The van der Waals surface area contributed by atoms with Gasteiger partial charge in [0.15, 0.2) is 0 Å². The Morgan fingerprint density at radius 3 is 2.46 bits per heavy atom. The number of benzene rings is 4. The quantitative estimate of drug-likeness (QED) is 0.339. The number of ether oxygens (including phenoxy) is 2. The van der Waals surface area contributed by atoms with E-state index in [9.17, 15) is 4.79 Å². The number of halogens is 2. The van der Waals surface area contributed by atoms with Gasteiger partial charge >= 0.3 is 29.6 Å². The second kappa shape index (κ2) is 12.9. The molecule has 0 unspecified atom stereocenters. The molecule has 1 heterocycles. The molecule has 4 aromatic rings. The van der Waals surface area contributed by atoms with Crippen molar-refractivity contribution < 1.29 is 45.3 Å². The monoisotopic (exact) mass is 541 g/mol. The number of rotatable bonds is 7. The number of hydrogen-bond acceptors (Lipinski definition) is 3. The van der Waals surface area contributed by atoms with Crippen molar-refractivity contribution in [1.82, 2.24) is 5.32 Å². The van der Waals surface area contributed by atoms with E-state index in [1.54, 1.807) is 24.3 Å². The van der Waals surface area contributed by atoms with Crippen LogP contribution in [0.5, 0.6) is 17.2 Å². The van der Waals surface area contributed by atoms with Crippen molar-refractivity contribution in [2.45, 2.75) is 19.3 Å². The van der Waals surface area contributed by atoms with E-state index in [-0.39, 0.29) is 36.9 Å². The number of carbonyl (C=O) groups is 1. The molecular formula is C30H26Cl2NNaO3. The molecule has 0 saturated heterocycles. The summed E-state index contributed by atoms with van der Waals surface area (Å²) in [4.78, 5) is 12.6. The van der Waals surface area contributed by atoms with Crippen LogP contribution in [0.4, 0.5) is 0 Å². The van der Waals surface area contributed by atoms with Crippen molar-refractivity contribution in [2.75, 3.05) is 13.2 Å². The standard InChI is InChI=1S/C30H25Cl2NO3.Na.H/c31-26-6-2-1-5-25(26)21-9-7-20(8-10-21)15-16-33-30(34)22-11-13-24(14-12-22)36-29-19-28-23(18-27(29)32)4-3-17-35-28;;/h1-2,5-14,18-19H,3-4,15-17H2,(H,33,34);;/q;+1;-1. The summed E-state index contributed by atoms with van der Waals surface area (Å²) in [5.74, 6) is 1.82. The van der Waals surface area contributed by atoms with Gasteiger partial charge in [0.25, 0.3) is 5.91 Å². The molecule has 0 aromatic heterocycles. The number of aryl methyl sites for hydroxylation is 1. The van der Waals surface area contributed by atoms with Crippen LogP contribution in [-0.4, -0.2) is 19.1 Å². The predicted molar refractivity (Wildman–Crippen MR) is 146 cm³/mol. The minimum Gasteiger partial charge on any atom is -1.00 e. The second-order valence-electron chi connectivity index (χ2n) is 8.65. The van der Waals surface area contributed by atoms with Crippen LogP contribution < -0.4 is 44.3 Å². The van der Waals surface area contributed by atoms with Gasteiger partial charge in [-0.3, -0.25) is 4.79 Å². The molecule has 184 valence electrons. The zero-order valence-corrected chi connectivity index (χ0v) is 24.1. The number of hydrogen-bond donors (Lipinski definition) is 1. The maximum Gasteiger partial charge on any atom is 1.00 e. The van der Waals surface area contributed by atoms with Gasteiger partial charge in [-0.05, 0) is 72.4 Å². The first-order chi connectivity index (χ1) is 17.6. The summed E-state index contributed by atoms with van der Waals surface area (Å²) in [6, 6.07) is 26.8. The summed E-state index contributed by atoms with van der Waals surface area (Å²) in [6.07, 6.45) is 2.67. The summed E-state index contributed by atoms with van der Waals surface area (Å²) in [6.45, 7) is 1.24. The van der Waals surface area contributed by atoms with Gasteiger partial charge in [0, 0.05) is 28.8 Å². The number of fused-ring (bicyclic) bond motifs is 1. The van der Waals surface area contributed by atoms with Gasteiger partial charge in [0.05, 0.1) is 11.6 Å². The van der Waals surface area contributed by atoms with Gasteiger partial charge in [0.1, 0.15) is 17.2 Å². The Hall–Kier alpha value is -2.47. The van der Waals surface area contributed by atoms with E-state index in [4.69, 9.17) is 32.7 Å². The molecule has 1 aliphatic heterocycles. The second-order valence-corrected chi connectivity index (χ2v) is 9.47. The summed E-state index contributed by atoms with van der Waals surface area (Å²) < 4.78 is 11.7. The van der Waals surface area contributed by atoms with Crippen LogP contribution in [-0.2, 0) is 12.8 Å². The van der Waals surface area contributed by atoms with Crippen LogP contribution >= 0.6 is 23.2 Å². The van der Waals surface area contributed by atoms with E-state index in [0.29, 0.717) is 35.2 Å². The molecule has 4 nitrogen and oxygen atoms in total. The third kappa shape index (κ3) is 6.90. The van der Waals surface area contributed by atoms with E-state index in [1.165, 1.54) is 0 Å². The van der Waals surface area contributed by atoms with Gasteiger partial charge in [-0.1, -0.05) is 65.7 Å². The van der Waals surface area contributed by atoms with Crippen molar-refractivity contribution in [3.05, 3.63) is 112 Å². The Labute approximate surface area is 250 Å². The molecule has 1 amide bonds. The number of nitrogens with one attached hydrogen (secondary N) is 1. The normalized spacial score (nSPS) is 12.1. The third-order valence-corrected chi connectivity index (χ3v) is 6.77. The average Bonchev–Trinajstić information content (AvgIpc) is 2.90. The fourth-order valence-electron chi connectivity index (χ4n) is 4.20. The summed E-state index contributed by atoms with van der Waals surface area (Å²) in [5, 5.41) is 4.25. The Morgan fingerprint density at radius 1 is 0.946 bits per heavy atom. The first kappa shape index (κ1) is 27.6. The minimum atomic E-state index is -0.130. The van der Waals surface area contributed by atoms with Crippen molar-refractivity contribution in [1.29, 1.82) is 0 Å².